The van der Waals surface area contributed by atoms with Gasteiger partial charge in [0.05, 0.1) is 17.3 Å². The number of thiazole rings is 1. The fourth-order valence-electron chi connectivity index (χ4n) is 1.66. The van der Waals surface area contributed by atoms with Crippen molar-refractivity contribution in [2.45, 2.75) is 9.24 Å². The Labute approximate surface area is 114 Å². The Balaban J connectivity index is 1.91. The lowest BCUT2D eigenvalue weighted by molar-refractivity contribution is 0.413. The van der Waals surface area contributed by atoms with Crippen LogP contribution in [0.1, 0.15) is 0 Å². The zero-order valence-corrected chi connectivity index (χ0v) is 11.4. The molecule has 0 aliphatic rings. The average Bonchev–Trinajstić information content (AvgIpc) is 2.81. The number of hydrogen-bond acceptors (Lipinski definition) is 4. The summed E-state index contributed by atoms with van der Waals surface area (Å²) in [4.78, 5) is 5.75. The molecule has 0 N–H and O–H groups in total. The third kappa shape index (κ3) is 2.35. The van der Waals surface area contributed by atoms with Gasteiger partial charge in [-0.15, -0.1) is 11.3 Å². The molecule has 18 heavy (non-hydrogen) atoms. The highest BCUT2D eigenvalue weighted by Gasteiger charge is 2.05. The lowest BCUT2D eigenvalue weighted by Gasteiger charge is -2.01. The molecule has 0 radical (unpaired) electrons. The molecule has 0 spiro atoms. The summed E-state index contributed by atoms with van der Waals surface area (Å²) in [6.45, 7) is 0. The van der Waals surface area contributed by atoms with Crippen LogP contribution in [-0.4, -0.2) is 12.1 Å². The molecule has 1 heterocycles. The summed E-state index contributed by atoms with van der Waals surface area (Å²) >= 11 is 3.39. The van der Waals surface area contributed by atoms with Crippen LogP contribution in [0.3, 0.4) is 0 Å². The molecule has 0 saturated heterocycles. The largest absolute Gasteiger partial charge is 0.497 e. The maximum atomic E-state index is 5.22. The number of aromatic nitrogens is 1. The van der Waals surface area contributed by atoms with Crippen LogP contribution in [0.2, 0.25) is 0 Å². The van der Waals surface area contributed by atoms with E-state index in [4.69, 9.17) is 4.74 Å². The van der Waals surface area contributed by atoms with Gasteiger partial charge in [0, 0.05) is 4.90 Å². The minimum atomic E-state index is 0.876. The number of ether oxygens (including phenoxy) is 1. The highest BCUT2D eigenvalue weighted by atomic mass is 32.2. The Morgan fingerprint density at radius 2 is 2.00 bits per heavy atom. The first-order valence-electron chi connectivity index (χ1n) is 5.52. The molecule has 0 unspecified atom stereocenters. The van der Waals surface area contributed by atoms with Crippen molar-refractivity contribution in [1.82, 2.24) is 4.98 Å². The van der Waals surface area contributed by atoms with Gasteiger partial charge in [-0.1, -0.05) is 30.0 Å². The van der Waals surface area contributed by atoms with E-state index in [9.17, 15) is 0 Å². The van der Waals surface area contributed by atoms with Gasteiger partial charge >= 0.3 is 0 Å². The van der Waals surface area contributed by atoms with Crippen LogP contribution < -0.4 is 4.74 Å². The summed E-state index contributed by atoms with van der Waals surface area (Å²) in [6.07, 6.45) is 0. The molecular formula is C14H11NOS2. The zero-order chi connectivity index (χ0) is 12.4. The Morgan fingerprint density at radius 3 is 2.83 bits per heavy atom. The van der Waals surface area contributed by atoms with Gasteiger partial charge in [-0.2, -0.15) is 0 Å². The first kappa shape index (κ1) is 11.6. The van der Waals surface area contributed by atoms with E-state index < -0.39 is 0 Å². The van der Waals surface area contributed by atoms with Crippen LogP contribution in [0.4, 0.5) is 0 Å². The van der Waals surface area contributed by atoms with Crippen molar-refractivity contribution >= 4 is 33.3 Å². The molecule has 2 aromatic carbocycles. The number of para-hydroxylation sites is 1. The van der Waals surface area contributed by atoms with Crippen molar-refractivity contribution in [3.63, 3.8) is 0 Å². The van der Waals surface area contributed by atoms with Crippen LogP contribution in [-0.2, 0) is 0 Å². The van der Waals surface area contributed by atoms with Gasteiger partial charge in [0.2, 0.25) is 0 Å². The Kier molecular flexibility index (Phi) is 3.21. The predicted octanol–water partition coefficient (Wildman–Crippen LogP) is 4.46. The summed E-state index contributed by atoms with van der Waals surface area (Å²) in [7, 11) is 1.68. The molecular weight excluding hydrogens is 262 g/mol. The van der Waals surface area contributed by atoms with E-state index in [1.54, 1.807) is 30.2 Å². The first-order valence-corrected chi connectivity index (χ1v) is 7.16. The fourth-order valence-corrected chi connectivity index (χ4v) is 3.75. The number of fused-ring (bicyclic) bond motifs is 1. The van der Waals surface area contributed by atoms with Crippen LogP contribution in [0, 0.1) is 0 Å². The van der Waals surface area contributed by atoms with Crippen molar-refractivity contribution in [3.05, 3.63) is 48.5 Å². The van der Waals surface area contributed by atoms with Gasteiger partial charge in [0.15, 0.2) is 4.34 Å². The number of benzene rings is 2. The van der Waals surface area contributed by atoms with E-state index in [-0.39, 0.29) is 0 Å². The van der Waals surface area contributed by atoms with Crippen molar-refractivity contribution < 1.29 is 4.74 Å². The molecule has 0 bridgehead atoms. The Hall–Kier alpha value is -1.52. The van der Waals surface area contributed by atoms with Crippen molar-refractivity contribution in [1.29, 1.82) is 0 Å². The van der Waals surface area contributed by atoms with E-state index in [1.165, 1.54) is 4.70 Å². The standard InChI is InChI=1S/C14H11NOS2/c1-16-10-5-4-6-11(9-10)17-14-15-12-7-2-3-8-13(12)18-14/h2-9H,1H3. The van der Waals surface area contributed by atoms with Crippen LogP contribution in [0.5, 0.6) is 5.75 Å². The maximum absolute atomic E-state index is 5.22. The summed E-state index contributed by atoms with van der Waals surface area (Å²) < 4.78 is 7.51. The molecule has 90 valence electrons. The monoisotopic (exact) mass is 273 g/mol. The second-order valence-corrected chi connectivity index (χ2v) is 6.08. The van der Waals surface area contributed by atoms with Crippen LogP contribution in [0.25, 0.3) is 10.2 Å². The van der Waals surface area contributed by atoms with E-state index in [0.717, 1.165) is 20.5 Å². The van der Waals surface area contributed by atoms with E-state index in [0.29, 0.717) is 0 Å². The number of methoxy groups -OCH3 is 1. The number of nitrogens with zero attached hydrogens (tertiary/aromatic N) is 1. The van der Waals surface area contributed by atoms with Crippen LogP contribution in [0.15, 0.2) is 57.8 Å². The third-order valence-electron chi connectivity index (χ3n) is 2.52. The number of hydrogen-bond donors (Lipinski definition) is 0. The van der Waals surface area contributed by atoms with E-state index in [2.05, 4.69) is 17.1 Å². The van der Waals surface area contributed by atoms with Crippen molar-refractivity contribution in [3.8, 4) is 5.75 Å². The molecule has 0 saturated carbocycles. The Bertz CT molecular complexity index is 645. The second-order valence-electron chi connectivity index (χ2n) is 3.73. The molecule has 3 rings (SSSR count). The summed E-state index contributed by atoms with van der Waals surface area (Å²) in [5.41, 5.74) is 1.06. The molecule has 2 nitrogen and oxygen atoms in total. The molecule has 0 fully saturated rings. The van der Waals surface area contributed by atoms with Gasteiger partial charge in [0.1, 0.15) is 5.75 Å². The predicted molar refractivity (Wildman–Crippen MR) is 76.7 cm³/mol. The second kappa shape index (κ2) is 5.00. The Morgan fingerprint density at radius 1 is 1.11 bits per heavy atom. The SMILES string of the molecule is COc1cccc(Sc2nc3ccccc3s2)c1. The van der Waals surface area contributed by atoms with Gasteiger partial charge in [-0.3, -0.25) is 0 Å². The number of rotatable bonds is 3. The van der Waals surface area contributed by atoms with Crippen molar-refractivity contribution in [2.75, 3.05) is 7.11 Å². The summed E-state index contributed by atoms with van der Waals surface area (Å²) in [5.74, 6) is 0.876. The average molecular weight is 273 g/mol. The minimum Gasteiger partial charge on any atom is -0.497 e. The van der Waals surface area contributed by atoms with Crippen LogP contribution >= 0.6 is 23.1 Å². The smallest absolute Gasteiger partial charge is 0.155 e. The third-order valence-corrected chi connectivity index (χ3v) is 4.61. The van der Waals surface area contributed by atoms with Gasteiger partial charge in [-0.05, 0) is 30.3 Å². The van der Waals surface area contributed by atoms with Gasteiger partial charge in [0.25, 0.3) is 0 Å². The highest BCUT2D eigenvalue weighted by molar-refractivity contribution is 8.01. The fraction of sp³-hybridized carbons (Fsp3) is 0.0714. The molecule has 0 amide bonds. The zero-order valence-electron chi connectivity index (χ0n) is 9.79. The van der Waals surface area contributed by atoms with Gasteiger partial charge in [-0.25, -0.2) is 4.98 Å². The molecule has 0 aliphatic heterocycles. The quantitative estimate of drug-likeness (QED) is 0.703. The molecule has 0 aliphatic carbocycles. The topological polar surface area (TPSA) is 22.1 Å². The lowest BCUT2D eigenvalue weighted by atomic mass is 10.3. The van der Waals surface area contributed by atoms with E-state index in [1.807, 2.05) is 36.4 Å². The highest BCUT2D eigenvalue weighted by Crippen LogP contribution is 2.35. The summed E-state index contributed by atoms with van der Waals surface area (Å²) in [6, 6.07) is 16.2. The molecule has 1 aromatic heterocycles. The molecule has 0 atom stereocenters. The molecule has 4 heteroatoms. The van der Waals surface area contributed by atoms with E-state index >= 15 is 0 Å². The molecule has 3 aromatic rings. The summed E-state index contributed by atoms with van der Waals surface area (Å²) in [5, 5.41) is 0. The minimum absolute atomic E-state index is 0.876. The maximum Gasteiger partial charge on any atom is 0.155 e. The van der Waals surface area contributed by atoms with Gasteiger partial charge < -0.3 is 4.74 Å². The first-order chi connectivity index (χ1) is 8.85. The normalized spacial score (nSPS) is 10.7. The van der Waals surface area contributed by atoms with Crippen molar-refractivity contribution in [2.24, 2.45) is 0 Å². The lowest BCUT2D eigenvalue weighted by Crippen LogP contribution is -1.81.